The Morgan fingerprint density at radius 1 is 1.27 bits per heavy atom. The summed E-state index contributed by atoms with van der Waals surface area (Å²) in [7, 11) is 4.26. The zero-order chi connectivity index (χ0) is 19.2. The van der Waals surface area contributed by atoms with Gasteiger partial charge in [0.25, 0.3) is 0 Å². The summed E-state index contributed by atoms with van der Waals surface area (Å²) in [6.07, 6.45) is 8.45. The maximum Gasteiger partial charge on any atom is 0.239 e. The van der Waals surface area contributed by atoms with Gasteiger partial charge in [-0.05, 0) is 52.8 Å². The lowest BCUT2D eigenvalue weighted by Crippen LogP contribution is -2.54. The van der Waals surface area contributed by atoms with E-state index in [1.807, 2.05) is 43.0 Å². The fourth-order valence-electron chi connectivity index (χ4n) is 3.84. The van der Waals surface area contributed by atoms with Crippen molar-refractivity contribution in [2.45, 2.75) is 44.7 Å². The molecule has 1 saturated heterocycles. The van der Waals surface area contributed by atoms with E-state index in [1.54, 1.807) is 0 Å². The molecule has 0 aliphatic carbocycles. The molecule has 2 N–H and O–H groups in total. The fourth-order valence-corrected chi connectivity index (χ4v) is 3.84. The van der Waals surface area contributed by atoms with Crippen LogP contribution < -0.4 is 5.73 Å². The first-order valence-electron chi connectivity index (χ1n) is 9.46. The lowest BCUT2D eigenvalue weighted by Gasteiger charge is -2.47. The number of hydrogen-bond acceptors (Lipinski definition) is 3. The van der Waals surface area contributed by atoms with Crippen LogP contribution in [0.5, 0.6) is 0 Å². The molecule has 26 heavy (non-hydrogen) atoms. The van der Waals surface area contributed by atoms with E-state index in [4.69, 9.17) is 5.73 Å². The SMILES string of the molecule is C/C=C\C=C(/C)C[C@H](N)C(=O)N1CCC(c2ccccc2)(N(C)C)CC1. The average molecular weight is 356 g/mol. The number of likely N-dealkylation sites (tertiary alicyclic amines) is 1. The first-order valence-corrected chi connectivity index (χ1v) is 9.46. The van der Waals surface area contributed by atoms with Crippen LogP contribution >= 0.6 is 0 Å². The van der Waals surface area contributed by atoms with E-state index in [2.05, 4.69) is 43.3 Å². The molecule has 1 aliphatic rings. The summed E-state index contributed by atoms with van der Waals surface area (Å²) in [5.41, 5.74) is 8.64. The van der Waals surface area contributed by atoms with Crippen molar-refractivity contribution < 1.29 is 4.79 Å². The molecule has 1 heterocycles. The second-order valence-electron chi connectivity index (χ2n) is 7.47. The van der Waals surface area contributed by atoms with Crippen molar-refractivity contribution in [2.75, 3.05) is 27.2 Å². The van der Waals surface area contributed by atoms with Crippen molar-refractivity contribution in [1.82, 2.24) is 9.80 Å². The Kier molecular flexibility index (Phi) is 7.18. The minimum absolute atomic E-state index is 0.0100. The second kappa shape index (κ2) is 9.15. The molecular weight excluding hydrogens is 322 g/mol. The quantitative estimate of drug-likeness (QED) is 0.797. The first kappa shape index (κ1) is 20.4. The number of benzene rings is 1. The Morgan fingerprint density at radius 2 is 1.88 bits per heavy atom. The van der Waals surface area contributed by atoms with E-state index in [-0.39, 0.29) is 11.4 Å². The van der Waals surface area contributed by atoms with Gasteiger partial charge in [0.05, 0.1) is 6.04 Å². The Morgan fingerprint density at radius 3 is 2.42 bits per heavy atom. The second-order valence-corrected chi connectivity index (χ2v) is 7.47. The molecule has 1 fully saturated rings. The standard InChI is InChI=1S/C22H33N3O/c1-5-6-10-18(2)17-20(23)21(26)25-15-13-22(14-16-25,24(3)4)19-11-8-7-9-12-19/h5-12,20H,13-17,23H2,1-4H3/b6-5-,18-10+/t20-/m0/s1. The van der Waals surface area contributed by atoms with Crippen LogP contribution in [0.4, 0.5) is 0 Å². The van der Waals surface area contributed by atoms with Crippen molar-refractivity contribution in [3.05, 3.63) is 59.7 Å². The number of hydrogen-bond donors (Lipinski definition) is 1. The van der Waals surface area contributed by atoms with Crippen molar-refractivity contribution >= 4 is 5.91 Å². The van der Waals surface area contributed by atoms with Gasteiger partial charge < -0.3 is 10.6 Å². The van der Waals surface area contributed by atoms with Crippen LogP contribution in [0.15, 0.2) is 54.1 Å². The molecule has 4 heteroatoms. The highest BCUT2D eigenvalue weighted by Crippen LogP contribution is 2.37. The molecule has 1 amide bonds. The average Bonchev–Trinajstić information content (AvgIpc) is 2.66. The topological polar surface area (TPSA) is 49.6 Å². The van der Waals surface area contributed by atoms with Crippen molar-refractivity contribution in [3.63, 3.8) is 0 Å². The normalized spacial score (nSPS) is 19.2. The summed E-state index contributed by atoms with van der Waals surface area (Å²) in [6, 6.07) is 10.2. The summed E-state index contributed by atoms with van der Waals surface area (Å²) in [6.45, 7) is 5.50. The Labute approximate surface area is 158 Å². The predicted molar refractivity (Wildman–Crippen MR) is 109 cm³/mol. The molecule has 142 valence electrons. The summed E-state index contributed by atoms with van der Waals surface area (Å²) in [5.74, 6) is 0.0682. The lowest BCUT2D eigenvalue weighted by atomic mass is 9.79. The molecule has 0 spiro atoms. The number of nitrogens with zero attached hydrogens (tertiary/aromatic N) is 2. The van der Waals surface area contributed by atoms with Gasteiger partial charge in [0.2, 0.25) is 5.91 Å². The van der Waals surface area contributed by atoms with Crippen LogP contribution in [0, 0.1) is 0 Å². The van der Waals surface area contributed by atoms with E-state index in [9.17, 15) is 4.79 Å². The lowest BCUT2D eigenvalue weighted by molar-refractivity contribution is -0.135. The van der Waals surface area contributed by atoms with Crippen LogP contribution in [0.3, 0.4) is 0 Å². The number of nitrogens with two attached hydrogens (primary N) is 1. The zero-order valence-corrected chi connectivity index (χ0v) is 16.6. The van der Waals surface area contributed by atoms with Crippen molar-refractivity contribution in [2.24, 2.45) is 5.73 Å². The number of carbonyl (C=O) groups excluding carboxylic acids is 1. The van der Waals surface area contributed by atoms with Gasteiger partial charge in [0.15, 0.2) is 0 Å². The Bertz CT molecular complexity index is 641. The minimum atomic E-state index is -0.458. The van der Waals surface area contributed by atoms with Crippen LogP contribution in [-0.4, -0.2) is 48.9 Å². The summed E-state index contributed by atoms with van der Waals surface area (Å²) >= 11 is 0. The van der Waals surface area contributed by atoms with Gasteiger partial charge in [0, 0.05) is 18.6 Å². The maximum atomic E-state index is 12.8. The van der Waals surface area contributed by atoms with Gasteiger partial charge in [-0.1, -0.05) is 54.1 Å². The molecule has 0 bridgehead atoms. The number of amides is 1. The van der Waals surface area contributed by atoms with Crippen LogP contribution in [0.1, 0.15) is 38.7 Å². The van der Waals surface area contributed by atoms with Gasteiger partial charge >= 0.3 is 0 Å². The monoisotopic (exact) mass is 355 g/mol. The molecule has 1 atom stereocenters. The Balaban J connectivity index is 2.03. The number of piperidine rings is 1. The highest BCUT2D eigenvalue weighted by molar-refractivity contribution is 5.82. The molecule has 2 rings (SSSR count). The van der Waals surface area contributed by atoms with E-state index < -0.39 is 6.04 Å². The third kappa shape index (κ3) is 4.63. The molecule has 1 aromatic carbocycles. The molecule has 0 saturated carbocycles. The molecule has 4 nitrogen and oxygen atoms in total. The highest BCUT2D eigenvalue weighted by atomic mass is 16.2. The third-order valence-corrected chi connectivity index (χ3v) is 5.50. The van der Waals surface area contributed by atoms with Crippen LogP contribution in [-0.2, 0) is 10.3 Å². The third-order valence-electron chi connectivity index (χ3n) is 5.50. The van der Waals surface area contributed by atoms with Crippen molar-refractivity contribution in [1.29, 1.82) is 0 Å². The first-order chi connectivity index (χ1) is 12.4. The number of allylic oxidation sites excluding steroid dienone is 3. The minimum Gasteiger partial charge on any atom is -0.341 e. The van der Waals surface area contributed by atoms with Gasteiger partial charge in [-0.25, -0.2) is 0 Å². The van der Waals surface area contributed by atoms with E-state index in [1.165, 1.54) is 5.56 Å². The Hall–Kier alpha value is -1.91. The molecule has 0 aromatic heterocycles. The predicted octanol–water partition coefficient (Wildman–Crippen LogP) is 3.31. The molecule has 1 aromatic rings. The van der Waals surface area contributed by atoms with E-state index >= 15 is 0 Å². The fraction of sp³-hybridized carbons (Fsp3) is 0.500. The van der Waals surface area contributed by atoms with Crippen LogP contribution in [0.2, 0.25) is 0 Å². The van der Waals surface area contributed by atoms with Gasteiger partial charge in [-0.3, -0.25) is 9.69 Å². The zero-order valence-electron chi connectivity index (χ0n) is 16.6. The van der Waals surface area contributed by atoms with E-state index in [0.29, 0.717) is 6.42 Å². The number of carbonyl (C=O) groups is 1. The summed E-state index contributed by atoms with van der Waals surface area (Å²) in [5, 5.41) is 0. The summed E-state index contributed by atoms with van der Waals surface area (Å²) in [4.78, 5) is 17.0. The highest BCUT2D eigenvalue weighted by Gasteiger charge is 2.39. The molecule has 1 aliphatic heterocycles. The number of rotatable bonds is 6. The molecule has 0 radical (unpaired) electrons. The molecular formula is C22H33N3O. The summed E-state index contributed by atoms with van der Waals surface area (Å²) < 4.78 is 0. The maximum absolute atomic E-state index is 12.8. The van der Waals surface area contributed by atoms with Gasteiger partial charge in [0.1, 0.15) is 0 Å². The largest absolute Gasteiger partial charge is 0.341 e. The van der Waals surface area contributed by atoms with Crippen molar-refractivity contribution in [3.8, 4) is 0 Å². The smallest absolute Gasteiger partial charge is 0.239 e. The van der Waals surface area contributed by atoms with E-state index in [0.717, 1.165) is 31.5 Å². The van der Waals surface area contributed by atoms with Gasteiger partial charge in [-0.15, -0.1) is 0 Å². The van der Waals surface area contributed by atoms with Crippen LogP contribution in [0.25, 0.3) is 0 Å². The van der Waals surface area contributed by atoms with Gasteiger partial charge in [-0.2, -0.15) is 0 Å². The molecule has 0 unspecified atom stereocenters.